The third-order valence-corrected chi connectivity index (χ3v) is 8.70. The van der Waals surface area contributed by atoms with Crippen LogP contribution >= 0.6 is 7.82 Å². The van der Waals surface area contributed by atoms with Crippen LogP contribution in [0, 0.1) is 0 Å². The van der Waals surface area contributed by atoms with Crippen LogP contribution in [-0.4, -0.2) is 43.3 Å². The molecule has 0 saturated carbocycles. The summed E-state index contributed by atoms with van der Waals surface area (Å²) in [6, 6.07) is 0. The Morgan fingerprint density at radius 1 is 0.614 bits per heavy atom. The molecule has 0 radical (unpaired) electrons. The zero-order chi connectivity index (χ0) is 32.6. The van der Waals surface area contributed by atoms with Gasteiger partial charge in [0.2, 0.25) is 0 Å². The average molecular weight is 647 g/mol. The Balaban J connectivity index is 4.08. The SMILES string of the molecule is CCCCC/C=C\CCCCCCCC(=O)OC(COC(=O)CCCCCCCCCCCCCCC)COP(=O)(O)OC. The molecule has 0 aliphatic rings. The highest BCUT2D eigenvalue weighted by Gasteiger charge is 2.24. The van der Waals surface area contributed by atoms with Gasteiger partial charge in [-0.3, -0.25) is 18.6 Å². The molecule has 0 amide bonds. The highest BCUT2D eigenvalue weighted by atomic mass is 31.2. The van der Waals surface area contributed by atoms with Crippen molar-refractivity contribution in [3.05, 3.63) is 12.2 Å². The van der Waals surface area contributed by atoms with Crippen LogP contribution in [0.25, 0.3) is 0 Å². The Bertz CT molecular complexity index is 742. The van der Waals surface area contributed by atoms with E-state index in [1.54, 1.807) is 0 Å². The number of hydrogen-bond donors (Lipinski definition) is 1. The Morgan fingerprint density at radius 3 is 1.52 bits per heavy atom. The van der Waals surface area contributed by atoms with Gasteiger partial charge in [-0.2, -0.15) is 0 Å². The van der Waals surface area contributed by atoms with Gasteiger partial charge in [0.05, 0.1) is 6.61 Å². The fraction of sp³-hybridized carbons (Fsp3) is 0.886. The van der Waals surface area contributed by atoms with E-state index in [4.69, 9.17) is 14.0 Å². The van der Waals surface area contributed by atoms with E-state index in [-0.39, 0.29) is 19.0 Å². The molecule has 0 rings (SSSR count). The first kappa shape index (κ1) is 42.8. The molecule has 0 saturated heterocycles. The largest absolute Gasteiger partial charge is 0.472 e. The van der Waals surface area contributed by atoms with E-state index < -0.39 is 26.5 Å². The van der Waals surface area contributed by atoms with Gasteiger partial charge in [0.25, 0.3) is 0 Å². The zero-order valence-corrected chi connectivity index (χ0v) is 29.5. The second-order valence-electron chi connectivity index (χ2n) is 12.0. The first-order chi connectivity index (χ1) is 21.3. The van der Waals surface area contributed by atoms with Crippen molar-refractivity contribution in [2.75, 3.05) is 20.3 Å². The van der Waals surface area contributed by atoms with Crippen LogP contribution in [0.5, 0.6) is 0 Å². The highest BCUT2D eigenvalue weighted by molar-refractivity contribution is 7.47. The molecule has 0 aliphatic carbocycles. The summed E-state index contributed by atoms with van der Waals surface area (Å²) in [5.41, 5.74) is 0. The van der Waals surface area contributed by atoms with Crippen LogP contribution in [0.4, 0.5) is 0 Å². The molecule has 260 valence electrons. The number of ether oxygens (including phenoxy) is 2. The first-order valence-electron chi connectivity index (χ1n) is 17.9. The van der Waals surface area contributed by atoms with Crippen molar-refractivity contribution in [2.24, 2.45) is 0 Å². The van der Waals surface area contributed by atoms with Crippen LogP contribution in [0.1, 0.15) is 174 Å². The van der Waals surface area contributed by atoms with Crippen molar-refractivity contribution in [1.29, 1.82) is 0 Å². The number of hydrogen-bond acceptors (Lipinski definition) is 7. The van der Waals surface area contributed by atoms with Crippen LogP contribution in [0.2, 0.25) is 0 Å². The van der Waals surface area contributed by atoms with Crippen LogP contribution in [-0.2, 0) is 32.7 Å². The molecule has 0 aromatic carbocycles. The summed E-state index contributed by atoms with van der Waals surface area (Å²) in [4.78, 5) is 34.2. The monoisotopic (exact) mass is 646 g/mol. The standard InChI is InChI=1S/C35H67O8P/c1-4-6-8-10-12-14-16-18-20-21-23-25-27-29-34(36)41-31-33(32-42-44(38,39)40-3)43-35(37)30-28-26-24-22-19-17-15-13-11-9-7-5-2/h13,15,33H,4-12,14,16-32H2,1-3H3,(H,38,39)/b15-13-. The minimum Gasteiger partial charge on any atom is -0.462 e. The first-order valence-corrected chi connectivity index (χ1v) is 19.4. The fourth-order valence-electron chi connectivity index (χ4n) is 4.95. The van der Waals surface area contributed by atoms with E-state index in [9.17, 15) is 19.0 Å². The zero-order valence-electron chi connectivity index (χ0n) is 28.6. The average Bonchev–Trinajstić information content (AvgIpc) is 3.01. The summed E-state index contributed by atoms with van der Waals surface area (Å²) in [7, 11) is -3.19. The number of phosphoric ester groups is 1. The van der Waals surface area contributed by atoms with Crippen molar-refractivity contribution in [3.63, 3.8) is 0 Å². The molecule has 2 atom stereocenters. The topological polar surface area (TPSA) is 108 Å². The second kappa shape index (κ2) is 31.8. The maximum atomic E-state index is 12.4. The molecule has 0 fully saturated rings. The second-order valence-corrected chi connectivity index (χ2v) is 13.6. The molecule has 0 spiro atoms. The summed E-state index contributed by atoms with van der Waals surface area (Å²) < 4.78 is 31.8. The number of carbonyl (C=O) groups is 2. The maximum absolute atomic E-state index is 12.4. The molecular weight excluding hydrogens is 579 g/mol. The lowest BCUT2D eigenvalue weighted by Gasteiger charge is -2.19. The van der Waals surface area contributed by atoms with Gasteiger partial charge in [-0.1, -0.05) is 135 Å². The summed E-state index contributed by atoms with van der Waals surface area (Å²) in [5, 5.41) is 0. The lowest BCUT2D eigenvalue weighted by Crippen LogP contribution is -2.29. The number of esters is 2. The van der Waals surface area contributed by atoms with Gasteiger partial charge < -0.3 is 14.4 Å². The van der Waals surface area contributed by atoms with E-state index >= 15 is 0 Å². The molecule has 8 nitrogen and oxygen atoms in total. The van der Waals surface area contributed by atoms with E-state index in [0.717, 1.165) is 58.5 Å². The van der Waals surface area contributed by atoms with Crippen molar-refractivity contribution >= 4 is 19.8 Å². The number of rotatable bonds is 33. The summed E-state index contributed by atoms with van der Waals surface area (Å²) in [5.74, 6) is -0.810. The number of allylic oxidation sites excluding steroid dienone is 2. The Kier molecular flexibility index (Phi) is 30.9. The lowest BCUT2D eigenvalue weighted by atomic mass is 10.0. The third kappa shape index (κ3) is 30.8. The maximum Gasteiger partial charge on any atom is 0.472 e. The third-order valence-electron chi connectivity index (χ3n) is 7.76. The van der Waals surface area contributed by atoms with Gasteiger partial charge in [0.1, 0.15) is 6.61 Å². The predicted octanol–water partition coefficient (Wildman–Crippen LogP) is 10.6. The summed E-state index contributed by atoms with van der Waals surface area (Å²) >= 11 is 0. The number of phosphoric acid groups is 1. The van der Waals surface area contributed by atoms with E-state index in [0.29, 0.717) is 12.8 Å². The predicted molar refractivity (Wildman–Crippen MR) is 180 cm³/mol. The van der Waals surface area contributed by atoms with Crippen molar-refractivity contribution < 1.29 is 37.6 Å². The molecule has 0 aromatic heterocycles. The van der Waals surface area contributed by atoms with Crippen molar-refractivity contribution in [2.45, 2.75) is 180 Å². The van der Waals surface area contributed by atoms with E-state index in [1.807, 2.05) is 0 Å². The van der Waals surface area contributed by atoms with Gasteiger partial charge in [-0.15, -0.1) is 0 Å². The minimum absolute atomic E-state index is 0.224. The van der Waals surface area contributed by atoms with Gasteiger partial charge in [-0.05, 0) is 38.5 Å². The molecule has 44 heavy (non-hydrogen) atoms. The Morgan fingerprint density at radius 2 is 1.02 bits per heavy atom. The molecule has 0 heterocycles. The molecule has 0 aliphatic heterocycles. The van der Waals surface area contributed by atoms with Crippen molar-refractivity contribution in [1.82, 2.24) is 0 Å². The summed E-state index contributed by atoms with van der Waals surface area (Å²) in [6.07, 6.45) is 31.2. The van der Waals surface area contributed by atoms with Crippen LogP contribution in [0.15, 0.2) is 12.2 Å². The number of carbonyl (C=O) groups excluding carboxylic acids is 2. The lowest BCUT2D eigenvalue weighted by molar-refractivity contribution is -0.161. The minimum atomic E-state index is -4.25. The Hall–Kier alpha value is -1.21. The highest BCUT2D eigenvalue weighted by Crippen LogP contribution is 2.42. The normalized spacial score (nSPS) is 13.6. The smallest absolute Gasteiger partial charge is 0.462 e. The van der Waals surface area contributed by atoms with Crippen molar-refractivity contribution in [3.8, 4) is 0 Å². The van der Waals surface area contributed by atoms with Crippen LogP contribution < -0.4 is 0 Å². The molecule has 0 aromatic rings. The molecule has 9 heteroatoms. The summed E-state index contributed by atoms with van der Waals surface area (Å²) in [6.45, 7) is 3.84. The van der Waals surface area contributed by atoms with E-state index in [2.05, 4.69) is 30.5 Å². The number of unbranched alkanes of at least 4 members (excludes halogenated alkanes) is 20. The van der Waals surface area contributed by atoms with Gasteiger partial charge in [-0.25, -0.2) is 4.57 Å². The quantitative estimate of drug-likeness (QED) is 0.0325. The van der Waals surface area contributed by atoms with Gasteiger partial charge >= 0.3 is 19.8 Å². The fourth-order valence-corrected chi connectivity index (χ4v) is 5.41. The molecule has 1 N–H and O–H groups in total. The van der Waals surface area contributed by atoms with E-state index in [1.165, 1.54) is 89.9 Å². The van der Waals surface area contributed by atoms with Gasteiger partial charge in [0.15, 0.2) is 6.10 Å². The van der Waals surface area contributed by atoms with Crippen LogP contribution in [0.3, 0.4) is 0 Å². The molecule has 2 unspecified atom stereocenters. The molecule has 0 bridgehead atoms. The molecular formula is C35H67O8P. The van der Waals surface area contributed by atoms with Gasteiger partial charge in [0, 0.05) is 20.0 Å². The Labute approximate surface area is 270 Å².